The van der Waals surface area contributed by atoms with Crippen molar-refractivity contribution in [1.82, 2.24) is 0 Å². The van der Waals surface area contributed by atoms with Crippen LogP contribution in [0, 0.1) is 0 Å². The van der Waals surface area contributed by atoms with Gasteiger partial charge in [-0.25, -0.2) is 4.79 Å². The summed E-state index contributed by atoms with van der Waals surface area (Å²) in [5, 5.41) is 4.80. The minimum Gasteiger partial charge on any atom is -0.453 e. The molecule has 6 nitrogen and oxygen atoms in total. The van der Waals surface area contributed by atoms with Crippen LogP contribution in [0.5, 0.6) is 0 Å². The summed E-state index contributed by atoms with van der Waals surface area (Å²) in [5.41, 5.74) is 1.65. The molecule has 0 aliphatic heterocycles. The SMILES string of the molecule is O=Cc1ccc(-c2ccc(C(=O)OCC(=O)Nc3ccc4ccccc4c3)cc2)o1. The van der Waals surface area contributed by atoms with Crippen LogP contribution in [-0.2, 0) is 9.53 Å². The Morgan fingerprint density at radius 3 is 2.40 bits per heavy atom. The Kier molecular flexibility index (Phi) is 5.39. The van der Waals surface area contributed by atoms with Gasteiger partial charge in [0.25, 0.3) is 5.91 Å². The van der Waals surface area contributed by atoms with E-state index in [2.05, 4.69) is 5.32 Å². The van der Waals surface area contributed by atoms with E-state index in [1.165, 1.54) is 0 Å². The summed E-state index contributed by atoms with van der Waals surface area (Å²) in [6.07, 6.45) is 0.623. The van der Waals surface area contributed by atoms with Crippen molar-refractivity contribution in [3.8, 4) is 11.3 Å². The van der Waals surface area contributed by atoms with Crippen LogP contribution in [0.4, 0.5) is 5.69 Å². The maximum atomic E-state index is 12.2. The lowest BCUT2D eigenvalue weighted by atomic mass is 10.1. The Labute approximate surface area is 172 Å². The summed E-state index contributed by atoms with van der Waals surface area (Å²) < 4.78 is 10.4. The Balaban J connectivity index is 1.34. The summed E-state index contributed by atoms with van der Waals surface area (Å²) >= 11 is 0. The van der Waals surface area contributed by atoms with Crippen molar-refractivity contribution in [2.45, 2.75) is 0 Å². The fourth-order valence-electron chi connectivity index (χ4n) is 3.02. The molecule has 1 heterocycles. The van der Waals surface area contributed by atoms with Crippen LogP contribution >= 0.6 is 0 Å². The van der Waals surface area contributed by atoms with Gasteiger partial charge in [-0.05, 0) is 47.2 Å². The number of nitrogens with one attached hydrogen (secondary N) is 1. The standard InChI is InChI=1S/C24H17NO5/c26-14-21-11-12-22(30-21)17-5-7-18(8-6-17)24(28)29-15-23(27)25-20-10-9-16-3-1-2-4-19(16)13-20/h1-14H,15H2,(H,25,27). The van der Waals surface area contributed by atoms with E-state index in [9.17, 15) is 14.4 Å². The first-order valence-electron chi connectivity index (χ1n) is 9.23. The molecule has 0 unspecified atom stereocenters. The van der Waals surface area contributed by atoms with Crippen LogP contribution in [-0.4, -0.2) is 24.8 Å². The topological polar surface area (TPSA) is 85.6 Å². The third kappa shape index (κ3) is 4.28. The normalized spacial score (nSPS) is 10.5. The highest BCUT2D eigenvalue weighted by atomic mass is 16.5. The number of ether oxygens (including phenoxy) is 1. The molecule has 1 N–H and O–H groups in total. The second kappa shape index (κ2) is 8.45. The lowest BCUT2D eigenvalue weighted by Crippen LogP contribution is -2.20. The Morgan fingerprint density at radius 1 is 0.900 bits per heavy atom. The fraction of sp³-hybridized carbons (Fsp3) is 0.0417. The van der Waals surface area contributed by atoms with Crippen molar-refractivity contribution >= 4 is 34.6 Å². The minimum atomic E-state index is -0.608. The number of rotatable bonds is 6. The van der Waals surface area contributed by atoms with E-state index >= 15 is 0 Å². The van der Waals surface area contributed by atoms with E-state index in [1.54, 1.807) is 42.5 Å². The average Bonchev–Trinajstić information content (AvgIpc) is 3.27. The van der Waals surface area contributed by atoms with Crippen molar-refractivity contribution in [2.75, 3.05) is 11.9 Å². The molecule has 0 aliphatic carbocycles. The first-order chi connectivity index (χ1) is 14.6. The molecule has 0 atom stereocenters. The van der Waals surface area contributed by atoms with Gasteiger partial charge in [0.05, 0.1) is 5.56 Å². The summed E-state index contributed by atoms with van der Waals surface area (Å²) in [6, 6.07) is 23.1. The van der Waals surface area contributed by atoms with Gasteiger partial charge >= 0.3 is 5.97 Å². The van der Waals surface area contributed by atoms with E-state index in [0.717, 1.165) is 10.8 Å². The molecule has 0 saturated heterocycles. The summed E-state index contributed by atoms with van der Waals surface area (Å²) in [4.78, 5) is 35.0. The first kappa shape index (κ1) is 19.1. The second-order valence-corrected chi connectivity index (χ2v) is 6.58. The number of furan rings is 1. The highest BCUT2D eigenvalue weighted by Crippen LogP contribution is 2.22. The molecular weight excluding hydrogens is 382 g/mol. The predicted molar refractivity (Wildman–Crippen MR) is 112 cm³/mol. The molecule has 6 heteroatoms. The van der Waals surface area contributed by atoms with Gasteiger partial charge in [0.2, 0.25) is 0 Å². The van der Waals surface area contributed by atoms with E-state index in [0.29, 0.717) is 28.9 Å². The molecule has 0 spiro atoms. The molecule has 0 aliphatic rings. The second-order valence-electron chi connectivity index (χ2n) is 6.58. The Bertz CT molecular complexity index is 1220. The van der Waals surface area contributed by atoms with Crippen molar-refractivity contribution in [1.29, 1.82) is 0 Å². The monoisotopic (exact) mass is 399 g/mol. The largest absolute Gasteiger partial charge is 0.453 e. The molecule has 1 amide bonds. The number of hydrogen-bond donors (Lipinski definition) is 1. The first-order valence-corrected chi connectivity index (χ1v) is 9.23. The molecule has 0 bridgehead atoms. The van der Waals surface area contributed by atoms with Crippen LogP contribution in [0.15, 0.2) is 83.3 Å². The number of esters is 1. The maximum Gasteiger partial charge on any atom is 0.338 e. The van der Waals surface area contributed by atoms with Crippen molar-refractivity contribution in [3.05, 3.63) is 90.2 Å². The number of carbonyl (C=O) groups excluding carboxylic acids is 3. The lowest BCUT2D eigenvalue weighted by molar-refractivity contribution is -0.119. The van der Waals surface area contributed by atoms with E-state index in [-0.39, 0.29) is 5.76 Å². The number of benzene rings is 3. The number of anilines is 1. The van der Waals surface area contributed by atoms with Crippen LogP contribution in [0.1, 0.15) is 20.9 Å². The van der Waals surface area contributed by atoms with Gasteiger partial charge in [0, 0.05) is 11.3 Å². The van der Waals surface area contributed by atoms with E-state index < -0.39 is 18.5 Å². The Hall–Kier alpha value is -4.19. The molecule has 4 rings (SSSR count). The van der Waals surface area contributed by atoms with Crippen molar-refractivity contribution < 1.29 is 23.5 Å². The van der Waals surface area contributed by atoms with Gasteiger partial charge in [0.15, 0.2) is 18.7 Å². The number of amides is 1. The van der Waals surface area contributed by atoms with Gasteiger partial charge < -0.3 is 14.5 Å². The molecule has 0 radical (unpaired) electrons. The maximum absolute atomic E-state index is 12.2. The molecule has 0 fully saturated rings. The number of fused-ring (bicyclic) bond motifs is 1. The molecule has 148 valence electrons. The van der Waals surface area contributed by atoms with Crippen LogP contribution in [0.2, 0.25) is 0 Å². The van der Waals surface area contributed by atoms with Gasteiger partial charge in [-0.3, -0.25) is 9.59 Å². The molecular formula is C24H17NO5. The van der Waals surface area contributed by atoms with Crippen LogP contribution in [0.25, 0.3) is 22.1 Å². The highest BCUT2D eigenvalue weighted by molar-refractivity contribution is 5.97. The zero-order valence-corrected chi connectivity index (χ0v) is 15.8. The molecule has 0 saturated carbocycles. The third-order valence-electron chi connectivity index (χ3n) is 4.52. The quantitative estimate of drug-likeness (QED) is 0.375. The lowest BCUT2D eigenvalue weighted by Gasteiger charge is -2.08. The smallest absolute Gasteiger partial charge is 0.338 e. The van der Waals surface area contributed by atoms with Gasteiger partial charge in [-0.15, -0.1) is 0 Å². The number of aldehydes is 1. The molecule has 4 aromatic rings. The predicted octanol–water partition coefficient (Wildman–Crippen LogP) is 4.71. The van der Waals surface area contributed by atoms with Gasteiger partial charge in [-0.2, -0.15) is 0 Å². The van der Waals surface area contributed by atoms with Gasteiger partial charge in [-0.1, -0.05) is 42.5 Å². The molecule has 3 aromatic carbocycles. The number of carbonyl (C=O) groups is 3. The van der Waals surface area contributed by atoms with E-state index in [4.69, 9.17) is 9.15 Å². The zero-order valence-electron chi connectivity index (χ0n) is 15.8. The average molecular weight is 399 g/mol. The van der Waals surface area contributed by atoms with Crippen LogP contribution < -0.4 is 5.32 Å². The summed E-state index contributed by atoms with van der Waals surface area (Å²) in [5.74, 6) is -0.284. The highest BCUT2D eigenvalue weighted by Gasteiger charge is 2.12. The summed E-state index contributed by atoms with van der Waals surface area (Å²) in [6.45, 7) is -0.395. The van der Waals surface area contributed by atoms with Gasteiger partial charge in [0.1, 0.15) is 5.76 Å². The minimum absolute atomic E-state index is 0.228. The molecule has 1 aromatic heterocycles. The molecule has 30 heavy (non-hydrogen) atoms. The third-order valence-corrected chi connectivity index (χ3v) is 4.52. The van der Waals surface area contributed by atoms with Crippen LogP contribution in [0.3, 0.4) is 0 Å². The van der Waals surface area contributed by atoms with Crippen molar-refractivity contribution in [2.24, 2.45) is 0 Å². The Morgan fingerprint density at radius 2 is 1.67 bits per heavy atom. The summed E-state index contributed by atoms with van der Waals surface area (Å²) in [7, 11) is 0. The number of hydrogen-bond acceptors (Lipinski definition) is 5. The fourth-order valence-corrected chi connectivity index (χ4v) is 3.02. The zero-order chi connectivity index (χ0) is 20.9. The van der Waals surface area contributed by atoms with Crippen molar-refractivity contribution in [3.63, 3.8) is 0 Å². The van der Waals surface area contributed by atoms with E-state index in [1.807, 2.05) is 36.4 Å².